The molecule has 0 spiro atoms. The van der Waals surface area contributed by atoms with Crippen LogP contribution in [0, 0.1) is 20.8 Å². The van der Waals surface area contributed by atoms with Crippen LogP contribution >= 0.6 is 11.6 Å². The average Bonchev–Trinajstić information content (AvgIpc) is 3.00. The van der Waals surface area contributed by atoms with Gasteiger partial charge in [-0.1, -0.05) is 99.1 Å². The highest BCUT2D eigenvalue weighted by atomic mass is 35.5. The van der Waals surface area contributed by atoms with Crippen molar-refractivity contribution in [3.63, 3.8) is 0 Å². The van der Waals surface area contributed by atoms with Crippen molar-refractivity contribution < 1.29 is 14.7 Å². The number of carbonyl (C=O) groups excluding carboxylic acids is 1. The average molecular weight is 614 g/mol. The topological polar surface area (TPSA) is 106 Å². The van der Waals surface area contributed by atoms with Crippen LogP contribution in [0.25, 0.3) is 5.57 Å². The summed E-state index contributed by atoms with van der Waals surface area (Å²) in [5, 5.41) is 9.51. The number of carboxylic acid groups (broad SMARTS) is 1. The highest BCUT2D eigenvalue weighted by Crippen LogP contribution is 2.36. The van der Waals surface area contributed by atoms with Crippen LogP contribution in [0.2, 0.25) is 5.02 Å². The maximum atomic E-state index is 12.3. The van der Waals surface area contributed by atoms with Gasteiger partial charge < -0.3 is 15.6 Å². The first-order valence-electron chi connectivity index (χ1n) is 14.8. The number of anilines is 1. The number of aldehydes is 1. The third-order valence-corrected chi connectivity index (χ3v) is 7.56. The van der Waals surface area contributed by atoms with Crippen molar-refractivity contribution in [1.82, 2.24) is 9.97 Å². The lowest BCUT2D eigenvalue weighted by atomic mass is 9.76. The van der Waals surface area contributed by atoms with Crippen molar-refractivity contribution in [2.24, 2.45) is 0 Å². The second-order valence-corrected chi connectivity index (χ2v) is 11.0. The molecule has 0 aliphatic carbocycles. The number of rotatable bonds is 9. The quantitative estimate of drug-likeness (QED) is 0.183. The van der Waals surface area contributed by atoms with Gasteiger partial charge in [-0.25, -0.2) is 9.97 Å². The van der Waals surface area contributed by atoms with E-state index in [9.17, 15) is 9.59 Å². The van der Waals surface area contributed by atoms with Crippen LogP contribution in [-0.2, 0) is 27.8 Å². The van der Waals surface area contributed by atoms with Crippen molar-refractivity contribution in [3.05, 3.63) is 129 Å². The molecule has 232 valence electrons. The smallest absolute Gasteiger partial charge is 0.303 e. The van der Waals surface area contributed by atoms with E-state index in [4.69, 9.17) is 22.4 Å². The number of benzene rings is 3. The van der Waals surface area contributed by atoms with Gasteiger partial charge in [0.05, 0.1) is 5.41 Å². The van der Waals surface area contributed by atoms with E-state index in [1.165, 1.54) is 11.1 Å². The van der Waals surface area contributed by atoms with Gasteiger partial charge >= 0.3 is 5.97 Å². The molecule has 3 aromatic carbocycles. The summed E-state index contributed by atoms with van der Waals surface area (Å²) in [6.07, 6.45) is 2.43. The fourth-order valence-electron chi connectivity index (χ4n) is 4.93. The molecule has 6 nitrogen and oxygen atoms in total. The lowest BCUT2D eigenvalue weighted by Gasteiger charge is -2.27. The van der Waals surface area contributed by atoms with E-state index in [1.54, 1.807) is 19.9 Å². The molecule has 4 aromatic rings. The summed E-state index contributed by atoms with van der Waals surface area (Å²) in [5.41, 5.74) is 13.2. The summed E-state index contributed by atoms with van der Waals surface area (Å²) in [7, 11) is 0. The predicted octanol–water partition coefficient (Wildman–Crippen LogP) is 8.50. The van der Waals surface area contributed by atoms with E-state index >= 15 is 0 Å². The fourth-order valence-corrected chi connectivity index (χ4v) is 5.16. The van der Waals surface area contributed by atoms with Crippen LogP contribution in [0.15, 0.2) is 73.3 Å². The van der Waals surface area contributed by atoms with E-state index in [1.807, 2.05) is 57.2 Å². The highest BCUT2D eigenvalue weighted by Gasteiger charge is 2.34. The van der Waals surface area contributed by atoms with Crippen molar-refractivity contribution >= 4 is 35.2 Å². The van der Waals surface area contributed by atoms with Crippen LogP contribution in [0.3, 0.4) is 0 Å². The summed E-state index contributed by atoms with van der Waals surface area (Å²) < 4.78 is 0. The SMILES string of the molecule is C=C(c1nc(C)c([C@@](C)(C=O)c2ccc(CCC(=O)O)cc2)c(N)n1)c1ccc(Cl)cc1C.CC.CCc1cccc(C)c1. The number of nitrogens with zero attached hydrogens (tertiary/aromatic N) is 2. The Kier molecular flexibility index (Phi) is 13.5. The first kappa shape index (κ1) is 35.9. The van der Waals surface area contributed by atoms with Crippen LogP contribution in [0.5, 0.6) is 0 Å². The summed E-state index contributed by atoms with van der Waals surface area (Å²) in [6.45, 7) is 17.9. The van der Waals surface area contributed by atoms with Crippen molar-refractivity contribution in [1.29, 1.82) is 0 Å². The van der Waals surface area contributed by atoms with Crippen molar-refractivity contribution in [2.75, 3.05) is 5.73 Å². The van der Waals surface area contributed by atoms with Gasteiger partial charge in [-0.2, -0.15) is 0 Å². The molecule has 0 radical (unpaired) electrons. The molecule has 0 fully saturated rings. The number of aliphatic carboxylic acids is 1. The number of aryl methyl sites for hydroxylation is 5. The Morgan fingerprint density at radius 2 is 1.66 bits per heavy atom. The van der Waals surface area contributed by atoms with Gasteiger partial charge in [0.1, 0.15) is 12.1 Å². The molecule has 0 amide bonds. The Morgan fingerprint density at radius 1 is 1.00 bits per heavy atom. The van der Waals surface area contributed by atoms with Gasteiger partial charge in [0.15, 0.2) is 5.82 Å². The van der Waals surface area contributed by atoms with Gasteiger partial charge in [-0.15, -0.1) is 0 Å². The second-order valence-electron chi connectivity index (χ2n) is 10.6. The predicted molar refractivity (Wildman–Crippen MR) is 182 cm³/mol. The lowest BCUT2D eigenvalue weighted by Crippen LogP contribution is -2.29. The third-order valence-electron chi connectivity index (χ3n) is 7.33. The minimum atomic E-state index is -1.07. The number of hydrogen-bond donors (Lipinski definition) is 2. The van der Waals surface area contributed by atoms with E-state index in [0.717, 1.165) is 35.0 Å². The molecule has 0 unspecified atom stereocenters. The molecule has 1 aromatic heterocycles. The molecular weight excluding hydrogens is 570 g/mol. The van der Waals surface area contributed by atoms with E-state index < -0.39 is 11.4 Å². The van der Waals surface area contributed by atoms with E-state index in [-0.39, 0.29) is 12.2 Å². The molecule has 1 atom stereocenters. The van der Waals surface area contributed by atoms with E-state index in [2.05, 4.69) is 54.7 Å². The first-order chi connectivity index (χ1) is 20.9. The van der Waals surface area contributed by atoms with Crippen LogP contribution in [0.4, 0.5) is 5.82 Å². The second kappa shape index (κ2) is 16.5. The number of aromatic nitrogens is 2. The maximum absolute atomic E-state index is 12.3. The molecule has 0 saturated carbocycles. The van der Waals surface area contributed by atoms with Crippen molar-refractivity contribution in [2.45, 2.75) is 73.1 Å². The zero-order valence-corrected chi connectivity index (χ0v) is 27.6. The maximum Gasteiger partial charge on any atom is 0.303 e. The van der Waals surface area contributed by atoms with Crippen LogP contribution in [0.1, 0.15) is 84.6 Å². The Hall–Kier alpha value is -4.29. The third kappa shape index (κ3) is 9.10. The van der Waals surface area contributed by atoms with Gasteiger partial charge in [-0.05, 0) is 80.5 Å². The molecule has 44 heavy (non-hydrogen) atoms. The number of carboxylic acids is 1. The first-order valence-corrected chi connectivity index (χ1v) is 15.2. The summed E-state index contributed by atoms with van der Waals surface area (Å²) in [6, 6.07) is 21.4. The number of halogens is 1. The van der Waals surface area contributed by atoms with Gasteiger partial charge in [0.2, 0.25) is 0 Å². The number of nitrogens with two attached hydrogens (primary N) is 1. The number of carbonyl (C=O) groups is 2. The van der Waals surface area contributed by atoms with Gasteiger partial charge in [0.25, 0.3) is 0 Å². The standard InChI is InChI=1S/C26H26ClN3O3.C9H12.C2H6/c1-15-13-20(27)10-11-21(15)16(2)25-29-17(3)23(24(28)30-25)26(4,14-31)19-8-5-18(6-9-19)7-12-22(32)33;1-3-9-6-4-5-8(2)7-9;1-2/h5-6,8-11,13-14H,2,7,12H2,1,3-4H3,(H,32,33)(H2,28,29,30);4-7H,3H2,1-2H3;1-2H3/t26-;;/m0../s1. The summed E-state index contributed by atoms with van der Waals surface area (Å²) in [5.74, 6) is -0.265. The van der Waals surface area contributed by atoms with Crippen LogP contribution in [-0.4, -0.2) is 27.3 Å². The lowest BCUT2D eigenvalue weighted by molar-refractivity contribution is -0.137. The summed E-state index contributed by atoms with van der Waals surface area (Å²) >= 11 is 6.06. The minimum absolute atomic E-state index is 0.0443. The molecule has 3 N–H and O–H groups in total. The monoisotopic (exact) mass is 613 g/mol. The molecule has 1 heterocycles. The summed E-state index contributed by atoms with van der Waals surface area (Å²) in [4.78, 5) is 32.3. The molecule has 4 rings (SSSR count). The van der Waals surface area contributed by atoms with Gasteiger partial charge in [0, 0.05) is 28.3 Å². The van der Waals surface area contributed by atoms with Crippen LogP contribution < -0.4 is 5.73 Å². The zero-order chi connectivity index (χ0) is 33.0. The Morgan fingerprint density at radius 3 is 2.16 bits per heavy atom. The number of nitrogen functional groups attached to an aromatic ring is 1. The normalized spacial score (nSPS) is 11.6. The Labute approximate surface area is 267 Å². The molecule has 0 aliphatic rings. The highest BCUT2D eigenvalue weighted by molar-refractivity contribution is 6.30. The fraction of sp³-hybridized carbons (Fsp3) is 0.297. The Bertz CT molecular complexity index is 1580. The molecule has 0 saturated heterocycles. The Balaban J connectivity index is 0.000000519. The van der Waals surface area contributed by atoms with E-state index in [0.29, 0.717) is 34.1 Å². The van der Waals surface area contributed by atoms with Crippen molar-refractivity contribution in [3.8, 4) is 0 Å². The molecular formula is C37H44ClN3O3. The molecule has 7 heteroatoms. The minimum Gasteiger partial charge on any atom is -0.481 e. The number of hydrogen-bond acceptors (Lipinski definition) is 5. The molecule has 0 aliphatic heterocycles. The molecule has 0 bridgehead atoms. The zero-order valence-electron chi connectivity index (χ0n) is 26.9. The largest absolute Gasteiger partial charge is 0.481 e. The van der Waals surface area contributed by atoms with Gasteiger partial charge in [-0.3, -0.25) is 4.79 Å².